The first-order chi connectivity index (χ1) is 12.5. The van der Waals surface area contributed by atoms with Gasteiger partial charge in [-0.2, -0.15) is 0 Å². The van der Waals surface area contributed by atoms with Crippen molar-refractivity contribution in [3.8, 4) is 5.75 Å². The van der Waals surface area contributed by atoms with Crippen LogP contribution in [0.4, 0.5) is 17.2 Å². The zero-order valence-corrected chi connectivity index (χ0v) is 13.9. The number of amides is 2. The van der Waals surface area contributed by atoms with Crippen molar-refractivity contribution in [3.05, 3.63) is 52.7 Å². The molecule has 2 aromatic rings. The first-order valence-corrected chi connectivity index (χ1v) is 7.90. The molecule has 2 heterocycles. The number of rotatable bonds is 4. The summed E-state index contributed by atoms with van der Waals surface area (Å²) < 4.78 is 5.34. The van der Waals surface area contributed by atoms with Crippen LogP contribution in [-0.2, 0) is 9.59 Å². The Morgan fingerprint density at radius 2 is 2.15 bits per heavy atom. The second-order valence-electron chi connectivity index (χ2n) is 5.75. The Morgan fingerprint density at radius 3 is 2.92 bits per heavy atom. The second-order valence-corrected chi connectivity index (χ2v) is 5.75. The highest BCUT2D eigenvalue weighted by Gasteiger charge is 2.30. The fourth-order valence-corrected chi connectivity index (χ4v) is 2.81. The number of nitrogens with zero attached hydrogens (tertiary/aromatic N) is 3. The lowest BCUT2D eigenvalue weighted by Crippen LogP contribution is -2.41. The summed E-state index contributed by atoms with van der Waals surface area (Å²) in [5, 5.41) is 13.7. The van der Waals surface area contributed by atoms with E-state index in [9.17, 15) is 19.7 Å². The SMILES string of the molecule is CC1CC(=O)Nc2ccccc2N1C(=O)COc1cccnc1[N+](=O)[O-]. The summed E-state index contributed by atoms with van der Waals surface area (Å²) in [6, 6.07) is 9.42. The molecule has 3 rings (SSSR count). The number of nitrogens with one attached hydrogen (secondary N) is 1. The van der Waals surface area contributed by atoms with Gasteiger partial charge in [-0.05, 0) is 41.1 Å². The van der Waals surface area contributed by atoms with Crippen molar-refractivity contribution < 1.29 is 19.2 Å². The summed E-state index contributed by atoms with van der Waals surface area (Å²) in [6.07, 6.45) is 1.41. The molecule has 1 aliphatic rings. The Labute approximate surface area is 148 Å². The third-order valence-electron chi connectivity index (χ3n) is 3.90. The van der Waals surface area contributed by atoms with Crippen LogP contribution in [0.1, 0.15) is 13.3 Å². The molecule has 0 aliphatic carbocycles. The van der Waals surface area contributed by atoms with Gasteiger partial charge in [0.15, 0.2) is 6.61 Å². The first-order valence-electron chi connectivity index (χ1n) is 7.90. The molecule has 0 fully saturated rings. The molecule has 2 amide bonds. The van der Waals surface area contributed by atoms with E-state index in [1.54, 1.807) is 31.2 Å². The summed E-state index contributed by atoms with van der Waals surface area (Å²) in [6.45, 7) is 1.34. The number of carbonyl (C=O) groups excluding carboxylic acids is 2. The molecule has 9 nitrogen and oxygen atoms in total. The fourth-order valence-electron chi connectivity index (χ4n) is 2.81. The summed E-state index contributed by atoms with van der Waals surface area (Å²) >= 11 is 0. The summed E-state index contributed by atoms with van der Waals surface area (Å²) in [5.41, 5.74) is 1.09. The lowest BCUT2D eigenvalue weighted by Gasteiger charge is -2.27. The van der Waals surface area contributed by atoms with Gasteiger partial charge >= 0.3 is 5.82 Å². The van der Waals surface area contributed by atoms with E-state index < -0.39 is 29.3 Å². The van der Waals surface area contributed by atoms with Crippen molar-refractivity contribution in [1.82, 2.24) is 4.98 Å². The normalized spacial score (nSPS) is 16.3. The number of ether oxygens (including phenoxy) is 1. The number of fused-ring (bicyclic) bond motifs is 1. The van der Waals surface area contributed by atoms with Crippen molar-refractivity contribution in [1.29, 1.82) is 0 Å². The van der Waals surface area contributed by atoms with Crippen LogP contribution in [0.5, 0.6) is 5.75 Å². The van der Waals surface area contributed by atoms with E-state index in [0.717, 1.165) is 0 Å². The number of hydrogen-bond donors (Lipinski definition) is 1. The molecule has 1 aromatic carbocycles. The molecule has 1 N–H and O–H groups in total. The van der Waals surface area contributed by atoms with Crippen molar-refractivity contribution in [2.45, 2.75) is 19.4 Å². The van der Waals surface area contributed by atoms with Gasteiger partial charge in [-0.15, -0.1) is 0 Å². The minimum Gasteiger partial charge on any atom is -0.476 e. The molecule has 0 saturated carbocycles. The molecule has 134 valence electrons. The molecule has 0 bridgehead atoms. The number of benzene rings is 1. The Morgan fingerprint density at radius 1 is 1.38 bits per heavy atom. The number of para-hydroxylation sites is 2. The Hall–Kier alpha value is -3.49. The van der Waals surface area contributed by atoms with Crippen molar-refractivity contribution in [2.75, 3.05) is 16.8 Å². The highest BCUT2D eigenvalue weighted by Crippen LogP contribution is 2.31. The van der Waals surface area contributed by atoms with Crippen LogP contribution in [0.3, 0.4) is 0 Å². The molecule has 9 heteroatoms. The third-order valence-corrected chi connectivity index (χ3v) is 3.90. The van der Waals surface area contributed by atoms with E-state index in [1.807, 2.05) is 0 Å². The number of hydrogen-bond acceptors (Lipinski definition) is 6. The van der Waals surface area contributed by atoms with E-state index in [2.05, 4.69) is 10.3 Å². The maximum atomic E-state index is 12.8. The predicted molar refractivity (Wildman–Crippen MR) is 93.0 cm³/mol. The van der Waals surface area contributed by atoms with E-state index in [4.69, 9.17) is 4.74 Å². The van der Waals surface area contributed by atoms with E-state index in [0.29, 0.717) is 11.4 Å². The minimum atomic E-state index is -0.674. The van der Waals surface area contributed by atoms with Crippen molar-refractivity contribution >= 4 is 29.0 Å². The average Bonchev–Trinajstić information content (AvgIpc) is 2.74. The highest BCUT2D eigenvalue weighted by atomic mass is 16.6. The number of carbonyl (C=O) groups is 2. The number of aromatic nitrogens is 1. The van der Waals surface area contributed by atoms with E-state index in [-0.39, 0.29) is 18.1 Å². The molecule has 1 unspecified atom stereocenters. The molecule has 1 aliphatic heterocycles. The van der Waals surface area contributed by atoms with Crippen LogP contribution >= 0.6 is 0 Å². The van der Waals surface area contributed by atoms with Gasteiger partial charge in [0.25, 0.3) is 5.91 Å². The maximum absolute atomic E-state index is 12.8. The van der Waals surface area contributed by atoms with Gasteiger partial charge in [0, 0.05) is 12.5 Å². The largest absolute Gasteiger partial charge is 0.476 e. The molecule has 0 radical (unpaired) electrons. The van der Waals surface area contributed by atoms with Gasteiger partial charge in [0.05, 0.1) is 11.4 Å². The van der Waals surface area contributed by atoms with Gasteiger partial charge in [-0.1, -0.05) is 12.1 Å². The third kappa shape index (κ3) is 3.46. The summed E-state index contributed by atoms with van der Waals surface area (Å²) in [7, 11) is 0. The van der Waals surface area contributed by atoms with Gasteiger partial charge in [-0.25, -0.2) is 0 Å². The van der Waals surface area contributed by atoms with Crippen molar-refractivity contribution in [3.63, 3.8) is 0 Å². The van der Waals surface area contributed by atoms with Crippen LogP contribution in [-0.4, -0.2) is 34.4 Å². The van der Waals surface area contributed by atoms with Gasteiger partial charge in [-0.3, -0.25) is 9.59 Å². The minimum absolute atomic E-state index is 0.0872. The smallest absolute Gasteiger partial charge is 0.406 e. The van der Waals surface area contributed by atoms with Gasteiger partial charge in [0.2, 0.25) is 11.7 Å². The molecule has 0 spiro atoms. The number of nitro groups is 1. The van der Waals surface area contributed by atoms with Crippen LogP contribution in [0.15, 0.2) is 42.6 Å². The average molecular weight is 356 g/mol. The first kappa shape index (κ1) is 17.3. The summed E-state index contributed by atoms with van der Waals surface area (Å²) in [5.74, 6) is -1.15. The van der Waals surface area contributed by atoms with Gasteiger partial charge < -0.3 is 25.1 Å². The number of pyridine rings is 1. The van der Waals surface area contributed by atoms with Crippen LogP contribution in [0.25, 0.3) is 0 Å². The van der Waals surface area contributed by atoms with E-state index in [1.165, 1.54) is 23.2 Å². The molecular formula is C17H16N4O5. The second kappa shape index (κ2) is 7.18. The maximum Gasteiger partial charge on any atom is 0.406 e. The Kier molecular flexibility index (Phi) is 4.78. The molecular weight excluding hydrogens is 340 g/mol. The molecule has 1 atom stereocenters. The van der Waals surface area contributed by atoms with Crippen LogP contribution < -0.4 is 15.0 Å². The Bertz CT molecular complexity index is 870. The van der Waals surface area contributed by atoms with E-state index >= 15 is 0 Å². The lowest BCUT2D eigenvalue weighted by molar-refractivity contribution is -0.390. The lowest BCUT2D eigenvalue weighted by atomic mass is 10.1. The highest BCUT2D eigenvalue weighted by molar-refractivity contribution is 6.04. The summed E-state index contributed by atoms with van der Waals surface area (Å²) in [4.78, 5) is 40.1. The standard InChI is InChI=1S/C17H16N4O5/c1-11-9-15(22)19-12-5-2-3-6-13(12)20(11)16(23)10-26-14-7-4-8-18-17(14)21(24)25/h2-8,11H,9-10H2,1H3,(H,19,22). The number of anilines is 2. The van der Waals surface area contributed by atoms with Crippen molar-refractivity contribution in [2.24, 2.45) is 0 Å². The molecule has 0 saturated heterocycles. The zero-order valence-electron chi connectivity index (χ0n) is 13.9. The van der Waals surface area contributed by atoms with Gasteiger partial charge in [0.1, 0.15) is 6.20 Å². The fraction of sp³-hybridized carbons (Fsp3) is 0.235. The molecule has 26 heavy (non-hydrogen) atoms. The van der Waals surface area contributed by atoms with Crippen LogP contribution in [0.2, 0.25) is 0 Å². The Balaban J connectivity index is 1.83. The van der Waals surface area contributed by atoms with Crippen LogP contribution in [0, 0.1) is 10.1 Å². The quantitative estimate of drug-likeness (QED) is 0.663. The topological polar surface area (TPSA) is 115 Å². The monoisotopic (exact) mass is 356 g/mol. The zero-order chi connectivity index (χ0) is 18.7. The molecule has 1 aromatic heterocycles. The predicted octanol–water partition coefficient (Wildman–Crippen LogP) is 2.13.